The van der Waals surface area contributed by atoms with Crippen LogP contribution in [0.3, 0.4) is 0 Å². The molecular formula is C10H15BrN2O2. The summed E-state index contributed by atoms with van der Waals surface area (Å²) in [7, 11) is 1.58. The third-order valence-corrected chi connectivity index (χ3v) is 2.68. The van der Waals surface area contributed by atoms with Gasteiger partial charge in [-0.1, -0.05) is 13.8 Å². The lowest BCUT2D eigenvalue weighted by molar-refractivity contribution is 0.180. The predicted molar refractivity (Wildman–Crippen MR) is 61.8 cm³/mol. The van der Waals surface area contributed by atoms with E-state index in [1.165, 1.54) is 0 Å². The van der Waals surface area contributed by atoms with Gasteiger partial charge in [0, 0.05) is 13.5 Å². The second-order valence-corrected chi connectivity index (χ2v) is 4.60. The summed E-state index contributed by atoms with van der Waals surface area (Å²) in [6.07, 6.45) is 0.763. The summed E-state index contributed by atoms with van der Waals surface area (Å²) in [5.41, 5.74) is 0.504. The van der Waals surface area contributed by atoms with Crippen LogP contribution in [0.1, 0.15) is 25.4 Å². The van der Waals surface area contributed by atoms with Gasteiger partial charge in [-0.25, -0.2) is 4.98 Å². The summed E-state index contributed by atoms with van der Waals surface area (Å²) in [6, 6.07) is 0. The van der Waals surface area contributed by atoms with Crippen LogP contribution < -0.4 is 5.56 Å². The third kappa shape index (κ3) is 3.43. The molecule has 1 N–H and O–H groups in total. The van der Waals surface area contributed by atoms with Crippen molar-refractivity contribution in [2.45, 2.75) is 26.9 Å². The molecule has 0 saturated carbocycles. The minimum Gasteiger partial charge on any atom is -0.378 e. The quantitative estimate of drug-likeness (QED) is 0.912. The van der Waals surface area contributed by atoms with Crippen molar-refractivity contribution in [1.82, 2.24) is 9.97 Å². The molecule has 0 radical (unpaired) electrons. The summed E-state index contributed by atoms with van der Waals surface area (Å²) in [5.74, 6) is 1.18. The Morgan fingerprint density at radius 3 is 2.73 bits per heavy atom. The van der Waals surface area contributed by atoms with Crippen molar-refractivity contribution < 1.29 is 4.74 Å². The summed E-state index contributed by atoms with van der Waals surface area (Å²) >= 11 is 3.20. The Morgan fingerprint density at radius 1 is 1.53 bits per heavy atom. The Kier molecular flexibility index (Phi) is 4.47. The van der Waals surface area contributed by atoms with Gasteiger partial charge in [-0.3, -0.25) is 4.79 Å². The van der Waals surface area contributed by atoms with E-state index in [0.717, 1.165) is 6.42 Å². The van der Waals surface area contributed by atoms with Crippen LogP contribution in [0.5, 0.6) is 0 Å². The lowest BCUT2D eigenvalue weighted by atomic mass is 10.1. The highest BCUT2D eigenvalue weighted by atomic mass is 79.9. The molecule has 0 saturated heterocycles. The number of nitrogens with zero attached hydrogens (tertiary/aromatic N) is 1. The molecule has 5 heteroatoms. The van der Waals surface area contributed by atoms with Crippen molar-refractivity contribution >= 4 is 15.9 Å². The summed E-state index contributed by atoms with van der Waals surface area (Å²) in [6.45, 7) is 4.51. The molecule has 0 aliphatic rings. The first kappa shape index (κ1) is 12.4. The largest absolute Gasteiger partial charge is 0.378 e. The van der Waals surface area contributed by atoms with Crippen molar-refractivity contribution in [2.24, 2.45) is 5.92 Å². The first-order chi connectivity index (χ1) is 7.04. The molecule has 1 aromatic rings. The maximum absolute atomic E-state index is 11.5. The van der Waals surface area contributed by atoms with E-state index in [1.54, 1.807) is 7.11 Å². The lowest BCUT2D eigenvalue weighted by Gasteiger charge is -2.07. The normalized spacial score (nSPS) is 11.0. The highest BCUT2D eigenvalue weighted by Gasteiger charge is 2.09. The van der Waals surface area contributed by atoms with Crippen LogP contribution in [-0.2, 0) is 17.8 Å². The van der Waals surface area contributed by atoms with E-state index in [9.17, 15) is 4.79 Å². The molecule has 1 rings (SSSR count). The van der Waals surface area contributed by atoms with Crippen LogP contribution in [0.25, 0.3) is 0 Å². The highest BCUT2D eigenvalue weighted by Crippen LogP contribution is 2.11. The second-order valence-electron chi connectivity index (χ2n) is 3.80. The van der Waals surface area contributed by atoms with Gasteiger partial charge in [0.05, 0.1) is 12.3 Å². The number of nitrogens with one attached hydrogen (secondary N) is 1. The van der Waals surface area contributed by atoms with Gasteiger partial charge in [0.2, 0.25) is 0 Å². The number of halogens is 1. The molecule has 1 heterocycles. The van der Waals surface area contributed by atoms with Crippen LogP contribution in [0, 0.1) is 5.92 Å². The minimum atomic E-state index is -0.146. The fourth-order valence-electron chi connectivity index (χ4n) is 1.27. The average molecular weight is 275 g/mol. The molecule has 0 atom stereocenters. The Bertz CT molecular complexity index is 387. The Hall–Kier alpha value is -0.680. The summed E-state index contributed by atoms with van der Waals surface area (Å²) in [4.78, 5) is 18.6. The van der Waals surface area contributed by atoms with Crippen molar-refractivity contribution in [2.75, 3.05) is 7.11 Å². The van der Waals surface area contributed by atoms with Gasteiger partial charge in [-0.2, -0.15) is 0 Å². The zero-order chi connectivity index (χ0) is 11.4. The fourth-order valence-corrected chi connectivity index (χ4v) is 1.57. The van der Waals surface area contributed by atoms with E-state index in [2.05, 4.69) is 39.7 Å². The number of aromatic nitrogens is 2. The van der Waals surface area contributed by atoms with Crippen LogP contribution >= 0.6 is 15.9 Å². The van der Waals surface area contributed by atoms with Gasteiger partial charge in [0.25, 0.3) is 5.56 Å². The maximum Gasteiger partial charge on any atom is 0.265 e. The van der Waals surface area contributed by atoms with E-state index in [0.29, 0.717) is 28.5 Å². The van der Waals surface area contributed by atoms with E-state index < -0.39 is 0 Å². The molecule has 0 spiro atoms. The number of ether oxygens (including phenoxy) is 1. The predicted octanol–water partition coefficient (Wildman–Crippen LogP) is 1.88. The summed E-state index contributed by atoms with van der Waals surface area (Å²) < 4.78 is 5.43. The van der Waals surface area contributed by atoms with Gasteiger partial charge >= 0.3 is 0 Å². The Morgan fingerprint density at radius 2 is 2.20 bits per heavy atom. The van der Waals surface area contributed by atoms with Gasteiger partial charge in [0.1, 0.15) is 10.3 Å². The van der Waals surface area contributed by atoms with Crippen molar-refractivity contribution in [1.29, 1.82) is 0 Å². The van der Waals surface area contributed by atoms with Gasteiger partial charge in [-0.15, -0.1) is 0 Å². The molecule has 84 valence electrons. The van der Waals surface area contributed by atoms with E-state index >= 15 is 0 Å². The Labute approximate surface area is 97.2 Å². The number of aromatic amines is 1. The molecule has 0 unspecified atom stereocenters. The highest BCUT2D eigenvalue weighted by molar-refractivity contribution is 9.10. The van der Waals surface area contributed by atoms with E-state index in [4.69, 9.17) is 4.74 Å². The van der Waals surface area contributed by atoms with Crippen LogP contribution in [0.2, 0.25) is 0 Å². The van der Waals surface area contributed by atoms with Crippen molar-refractivity contribution in [3.63, 3.8) is 0 Å². The first-order valence-electron chi connectivity index (χ1n) is 4.81. The molecule has 0 aliphatic carbocycles. The topological polar surface area (TPSA) is 55.0 Å². The molecule has 0 fully saturated rings. The zero-order valence-corrected chi connectivity index (χ0v) is 10.7. The number of H-pyrrole nitrogens is 1. The number of hydrogen-bond donors (Lipinski definition) is 1. The molecule has 0 aromatic carbocycles. The maximum atomic E-state index is 11.5. The number of rotatable bonds is 4. The number of hydrogen-bond acceptors (Lipinski definition) is 3. The standard InChI is InChI=1S/C10H15BrN2O2/c1-6(2)4-8-12-7(5-15-3)9(11)10(14)13-8/h6H,4-5H2,1-3H3,(H,12,13,14). The smallest absolute Gasteiger partial charge is 0.265 e. The van der Waals surface area contributed by atoms with Crippen molar-refractivity contribution in [3.8, 4) is 0 Å². The van der Waals surface area contributed by atoms with Gasteiger partial charge in [-0.05, 0) is 21.8 Å². The van der Waals surface area contributed by atoms with E-state index in [1.807, 2.05) is 0 Å². The fraction of sp³-hybridized carbons (Fsp3) is 0.600. The first-order valence-corrected chi connectivity index (χ1v) is 5.60. The average Bonchev–Trinajstić information content (AvgIpc) is 2.12. The lowest BCUT2D eigenvalue weighted by Crippen LogP contribution is -2.17. The molecular weight excluding hydrogens is 260 g/mol. The van der Waals surface area contributed by atoms with Crippen LogP contribution in [0.4, 0.5) is 0 Å². The zero-order valence-electron chi connectivity index (χ0n) is 9.13. The molecule has 4 nitrogen and oxygen atoms in total. The van der Waals surface area contributed by atoms with Crippen molar-refractivity contribution in [3.05, 3.63) is 26.3 Å². The third-order valence-electron chi connectivity index (χ3n) is 1.86. The molecule has 0 amide bonds. The van der Waals surface area contributed by atoms with Gasteiger partial charge < -0.3 is 9.72 Å². The second kappa shape index (κ2) is 5.42. The SMILES string of the molecule is COCc1nc(CC(C)C)[nH]c(=O)c1Br. The van der Waals surface area contributed by atoms with Crippen LogP contribution in [0.15, 0.2) is 9.27 Å². The molecule has 15 heavy (non-hydrogen) atoms. The Balaban J connectivity index is 3.06. The number of methoxy groups -OCH3 is 1. The van der Waals surface area contributed by atoms with E-state index in [-0.39, 0.29) is 5.56 Å². The minimum absolute atomic E-state index is 0.146. The molecule has 0 bridgehead atoms. The van der Waals surface area contributed by atoms with Crippen LogP contribution in [-0.4, -0.2) is 17.1 Å². The summed E-state index contributed by atoms with van der Waals surface area (Å²) in [5, 5.41) is 0. The molecule has 1 aromatic heterocycles. The monoisotopic (exact) mass is 274 g/mol. The van der Waals surface area contributed by atoms with Gasteiger partial charge in [0.15, 0.2) is 0 Å². The molecule has 0 aliphatic heterocycles.